The third-order valence-electron chi connectivity index (χ3n) is 3.55. The number of rotatable bonds is 2. The molecule has 1 unspecified atom stereocenters. The Morgan fingerprint density at radius 3 is 2.95 bits per heavy atom. The smallest absolute Gasteiger partial charge is 0.254 e. The second kappa shape index (κ2) is 5.66. The minimum atomic E-state index is -0.400. The molecule has 0 bridgehead atoms. The van der Waals surface area contributed by atoms with E-state index < -0.39 is 5.82 Å². The van der Waals surface area contributed by atoms with Crippen molar-refractivity contribution in [1.29, 1.82) is 0 Å². The summed E-state index contributed by atoms with van der Waals surface area (Å²) in [5.41, 5.74) is 0.411. The fourth-order valence-electron chi connectivity index (χ4n) is 2.58. The Bertz CT molecular complexity index is 629. The van der Waals surface area contributed by atoms with Crippen LogP contribution in [-0.4, -0.2) is 17.4 Å². The second-order valence-electron chi connectivity index (χ2n) is 4.80. The van der Waals surface area contributed by atoms with Crippen LogP contribution < -0.4 is 0 Å². The fourth-order valence-corrected chi connectivity index (χ4v) is 3.70. The molecular formula is C15H13BrFNOS. The summed E-state index contributed by atoms with van der Waals surface area (Å²) in [5, 5.41) is 2.02. The Labute approximate surface area is 129 Å². The van der Waals surface area contributed by atoms with E-state index in [1.54, 1.807) is 23.5 Å². The molecule has 5 heteroatoms. The molecule has 0 spiro atoms. The molecule has 1 amide bonds. The Morgan fingerprint density at radius 1 is 1.40 bits per heavy atom. The van der Waals surface area contributed by atoms with Gasteiger partial charge in [0.05, 0.1) is 10.5 Å². The average Bonchev–Trinajstić information content (AvgIpc) is 3.10. The zero-order valence-corrected chi connectivity index (χ0v) is 13.1. The quantitative estimate of drug-likeness (QED) is 0.770. The van der Waals surface area contributed by atoms with E-state index >= 15 is 0 Å². The van der Waals surface area contributed by atoms with Gasteiger partial charge in [0.2, 0.25) is 0 Å². The van der Waals surface area contributed by atoms with Gasteiger partial charge in [-0.05, 0) is 58.4 Å². The van der Waals surface area contributed by atoms with Crippen molar-refractivity contribution in [3.63, 3.8) is 0 Å². The van der Waals surface area contributed by atoms with Gasteiger partial charge in [-0.15, -0.1) is 11.3 Å². The first-order chi connectivity index (χ1) is 9.66. The third kappa shape index (κ3) is 2.52. The summed E-state index contributed by atoms with van der Waals surface area (Å²) in [6.07, 6.45) is 1.97. The van der Waals surface area contributed by atoms with E-state index in [0.29, 0.717) is 10.0 Å². The number of carbonyl (C=O) groups excluding carboxylic acids is 1. The largest absolute Gasteiger partial charge is 0.331 e. The summed E-state index contributed by atoms with van der Waals surface area (Å²) in [4.78, 5) is 15.6. The lowest BCUT2D eigenvalue weighted by atomic mass is 10.1. The van der Waals surface area contributed by atoms with E-state index in [0.717, 1.165) is 19.4 Å². The maximum Gasteiger partial charge on any atom is 0.254 e. The lowest BCUT2D eigenvalue weighted by Gasteiger charge is -2.24. The minimum absolute atomic E-state index is 0.0905. The highest BCUT2D eigenvalue weighted by Crippen LogP contribution is 2.35. The van der Waals surface area contributed by atoms with Crippen molar-refractivity contribution in [2.45, 2.75) is 18.9 Å². The van der Waals surface area contributed by atoms with Gasteiger partial charge in [0, 0.05) is 17.0 Å². The van der Waals surface area contributed by atoms with E-state index in [1.807, 2.05) is 16.3 Å². The van der Waals surface area contributed by atoms with Crippen molar-refractivity contribution in [2.24, 2.45) is 0 Å². The summed E-state index contributed by atoms with van der Waals surface area (Å²) in [5.74, 6) is -0.491. The van der Waals surface area contributed by atoms with Crippen LogP contribution in [0.5, 0.6) is 0 Å². The van der Waals surface area contributed by atoms with Crippen LogP contribution in [0.4, 0.5) is 4.39 Å². The van der Waals surface area contributed by atoms with Crippen LogP contribution in [0.15, 0.2) is 40.2 Å². The molecule has 0 aliphatic carbocycles. The van der Waals surface area contributed by atoms with E-state index in [9.17, 15) is 9.18 Å². The highest BCUT2D eigenvalue weighted by atomic mass is 79.9. The zero-order valence-electron chi connectivity index (χ0n) is 10.7. The van der Waals surface area contributed by atoms with Gasteiger partial charge in [0.1, 0.15) is 5.82 Å². The maximum atomic E-state index is 13.6. The van der Waals surface area contributed by atoms with Crippen molar-refractivity contribution < 1.29 is 9.18 Å². The number of hydrogen-bond acceptors (Lipinski definition) is 2. The van der Waals surface area contributed by atoms with Crippen LogP contribution in [0.2, 0.25) is 0 Å². The fraction of sp³-hybridized carbons (Fsp3) is 0.267. The molecule has 104 valence electrons. The predicted molar refractivity (Wildman–Crippen MR) is 81.4 cm³/mol. The van der Waals surface area contributed by atoms with Gasteiger partial charge in [0.15, 0.2) is 0 Å². The van der Waals surface area contributed by atoms with Crippen LogP contribution in [0.25, 0.3) is 0 Å². The van der Waals surface area contributed by atoms with Crippen LogP contribution in [0.1, 0.15) is 34.1 Å². The van der Waals surface area contributed by atoms with E-state index in [4.69, 9.17) is 0 Å². The number of thiophene rings is 1. The van der Waals surface area contributed by atoms with Gasteiger partial charge in [-0.25, -0.2) is 4.39 Å². The molecule has 0 saturated carbocycles. The number of amides is 1. The molecule has 2 nitrogen and oxygen atoms in total. The highest BCUT2D eigenvalue weighted by Gasteiger charge is 2.31. The van der Waals surface area contributed by atoms with Crippen molar-refractivity contribution >= 4 is 33.2 Å². The molecule has 2 aromatic rings. The van der Waals surface area contributed by atoms with Crippen molar-refractivity contribution in [3.8, 4) is 0 Å². The van der Waals surface area contributed by atoms with Gasteiger partial charge >= 0.3 is 0 Å². The van der Waals surface area contributed by atoms with Crippen molar-refractivity contribution in [2.75, 3.05) is 6.54 Å². The molecular weight excluding hydrogens is 341 g/mol. The molecule has 1 saturated heterocycles. The zero-order chi connectivity index (χ0) is 14.1. The second-order valence-corrected chi connectivity index (χ2v) is 6.63. The topological polar surface area (TPSA) is 20.3 Å². The molecule has 1 aromatic heterocycles. The molecule has 0 radical (unpaired) electrons. The van der Waals surface area contributed by atoms with Crippen LogP contribution >= 0.6 is 27.3 Å². The standard InChI is InChI=1S/C15H13BrFNOS/c16-11-6-5-10(9-12(11)17)15(19)18-7-1-3-13(18)14-4-2-8-20-14/h2,4-6,8-9,13H,1,3,7H2. The predicted octanol–water partition coefficient (Wildman–Crippen LogP) is 4.63. The molecule has 1 aromatic carbocycles. The number of likely N-dealkylation sites (tertiary alicyclic amines) is 1. The van der Waals surface area contributed by atoms with Crippen LogP contribution in [-0.2, 0) is 0 Å². The first kappa shape index (κ1) is 13.8. The number of carbonyl (C=O) groups is 1. The van der Waals surface area contributed by atoms with Crippen LogP contribution in [0, 0.1) is 5.82 Å². The summed E-state index contributed by atoms with van der Waals surface area (Å²) < 4.78 is 14.0. The molecule has 0 N–H and O–H groups in total. The normalized spacial score (nSPS) is 18.5. The van der Waals surface area contributed by atoms with Gasteiger partial charge in [-0.3, -0.25) is 4.79 Å². The molecule has 20 heavy (non-hydrogen) atoms. The molecule has 1 atom stereocenters. The Hall–Kier alpha value is -1.20. The van der Waals surface area contributed by atoms with Gasteiger partial charge in [-0.1, -0.05) is 6.07 Å². The maximum absolute atomic E-state index is 13.6. The lowest BCUT2D eigenvalue weighted by Crippen LogP contribution is -2.30. The number of nitrogens with zero attached hydrogens (tertiary/aromatic N) is 1. The number of halogens is 2. The van der Waals surface area contributed by atoms with Crippen LogP contribution in [0.3, 0.4) is 0 Å². The first-order valence-electron chi connectivity index (χ1n) is 6.46. The number of benzene rings is 1. The summed E-state index contributed by atoms with van der Waals surface area (Å²) in [6.45, 7) is 0.735. The molecule has 1 fully saturated rings. The number of hydrogen-bond donors (Lipinski definition) is 0. The van der Waals surface area contributed by atoms with Crippen molar-refractivity contribution in [1.82, 2.24) is 4.90 Å². The van der Waals surface area contributed by atoms with E-state index in [1.165, 1.54) is 10.9 Å². The molecule has 1 aliphatic heterocycles. The van der Waals surface area contributed by atoms with Gasteiger partial charge < -0.3 is 4.90 Å². The third-order valence-corrected chi connectivity index (χ3v) is 5.17. The summed E-state index contributed by atoms with van der Waals surface area (Å²) >= 11 is 4.77. The Morgan fingerprint density at radius 2 is 2.25 bits per heavy atom. The minimum Gasteiger partial charge on any atom is -0.331 e. The SMILES string of the molecule is O=C(c1ccc(Br)c(F)c1)N1CCCC1c1cccs1. The highest BCUT2D eigenvalue weighted by molar-refractivity contribution is 9.10. The monoisotopic (exact) mass is 353 g/mol. The van der Waals surface area contributed by atoms with Crippen molar-refractivity contribution in [3.05, 3.63) is 56.4 Å². The van der Waals surface area contributed by atoms with E-state index in [2.05, 4.69) is 22.0 Å². The van der Waals surface area contributed by atoms with Gasteiger partial charge in [0.25, 0.3) is 5.91 Å². The Balaban J connectivity index is 1.87. The summed E-state index contributed by atoms with van der Waals surface area (Å²) in [7, 11) is 0. The molecule has 3 rings (SSSR count). The Kier molecular flexibility index (Phi) is 3.89. The first-order valence-corrected chi connectivity index (χ1v) is 8.13. The molecule has 2 heterocycles. The summed E-state index contributed by atoms with van der Waals surface area (Å²) in [6, 6.07) is 8.74. The average molecular weight is 354 g/mol. The van der Waals surface area contributed by atoms with E-state index in [-0.39, 0.29) is 11.9 Å². The molecule has 1 aliphatic rings. The lowest BCUT2D eigenvalue weighted by molar-refractivity contribution is 0.0737. The van der Waals surface area contributed by atoms with Gasteiger partial charge in [-0.2, -0.15) is 0 Å².